The van der Waals surface area contributed by atoms with E-state index in [9.17, 15) is 22.8 Å². The van der Waals surface area contributed by atoms with Crippen molar-refractivity contribution in [2.75, 3.05) is 13.2 Å². The molecule has 162 valence electrons. The van der Waals surface area contributed by atoms with Crippen molar-refractivity contribution in [1.29, 1.82) is 0 Å². The number of Topliss-reactive ketones (excluding diaryl/α,β-unsaturated/α-hetero) is 1. The van der Waals surface area contributed by atoms with Crippen molar-refractivity contribution in [3.8, 4) is 0 Å². The molecule has 30 heavy (non-hydrogen) atoms. The number of rotatable bonds is 9. The molecule has 0 spiro atoms. The quantitative estimate of drug-likeness (QED) is 0.446. The van der Waals surface area contributed by atoms with Gasteiger partial charge in [-0.1, -0.05) is 0 Å². The van der Waals surface area contributed by atoms with E-state index < -0.39 is 39.4 Å². The molecular formula is C19H22N2O8S. The summed E-state index contributed by atoms with van der Waals surface area (Å²) in [5.74, 6) is -2.43. The van der Waals surface area contributed by atoms with Crippen LogP contribution < -0.4 is 4.72 Å². The molecule has 0 saturated heterocycles. The zero-order valence-electron chi connectivity index (χ0n) is 16.7. The molecule has 2 N–H and O–H groups in total. The summed E-state index contributed by atoms with van der Waals surface area (Å²) in [7, 11) is -3.84. The molecule has 3 rings (SSSR count). The summed E-state index contributed by atoms with van der Waals surface area (Å²) in [6.07, 6.45) is 1.51. The number of hydrogen-bond donors (Lipinski definition) is 2. The summed E-state index contributed by atoms with van der Waals surface area (Å²) in [4.78, 5) is 39.4. The maximum atomic E-state index is 12.5. The molecule has 0 radical (unpaired) electrons. The third kappa shape index (κ3) is 4.62. The zero-order chi connectivity index (χ0) is 22.1. The van der Waals surface area contributed by atoms with Gasteiger partial charge in [0.2, 0.25) is 16.6 Å². The lowest BCUT2D eigenvalue weighted by Gasteiger charge is -2.04. The van der Waals surface area contributed by atoms with Crippen molar-refractivity contribution >= 4 is 27.7 Å². The number of ether oxygens (including phenoxy) is 2. The summed E-state index contributed by atoms with van der Waals surface area (Å²) >= 11 is 0. The van der Waals surface area contributed by atoms with Crippen LogP contribution >= 0.6 is 0 Å². The molecule has 10 nitrogen and oxygen atoms in total. The summed E-state index contributed by atoms with van der Waals surface area (Å²) in [5.41, 5.74) is 1.22. The van der Waals surface area contributed by atoms with Crippen molar-refractivity contribution in [1.82, 2.24) is 9.71 Å². The smallest absolute Gasteiger partial charge is 0.374 e. The molecule has 1 saturated carbocycles. The Morgan fingerprint density at radius 2 is 1.87 bits per heavy atom. The maximum absolute atomic E-state index is 12.5. The van der Waals surface area contributed by atoms with E-state index in [0.717, 1.165) is 18.9 Å². The van der Waals surface area contributed by atoms with Gasteiger partial charge in [-0.2, -0.15) is 0 Å². The zero-order valence-corrected chi connectivity index (χ0v) is 17.6. The van der Waals surface area contributed by atoms with Crippen LogP contribution in [0, 0.1) is 13.8 Å². The van der Waals surface area contributed by atoms with Gasteiger partial charge in [0.1, 0.15) is 5.69 Å². The number of aromatic amines is 1. The summed E-state index contributed by atoms with van der Waals surface area (Å²) in [6, 6.07) is 2.20. The van der Waals surface area contributed by atoms with E-state index in [1.807, 2.05) is 0 Å². The number of sulfonamides is 1. The first kappa shape index (κ1) is 21.8. The number of ketones is 1. The van der Waals surface area contributed by atoms with Crippen molar-refractivity contribution in [3.05, 3.63) is 40.4 Å². The minimum Gasteiger partial charge on any atom is -0.461 e. The highest BCUT2D eigenvalue weighted by atomic mass is 32.2. The highest BCUT2D eigenvalue weighted by molar-refractivity contribution is 7.89. The molecule has 0 unspecified atom stereocenters. The fourth-order valence-corrected chi connectivity index (χ4v) is 4.14. The predicted octanol–water partition coefficient (Wildman–Crippen LogP) is 1.88. The Morgan fingerprint density at radius 1 is 1.17 bits per heavy atom. The molecule has 0 aliphatic heterocycles. The van der Waals surface area contributed by atoms with Crippen molar-refractivity contribution in [2.24, 2.45) is 0 Å². The second-order valence-electron chi connectivity index (χ2n) is 6.86. The number of furan rings is 1. The molecule has 1 aliphatic carbocycles. The SMILES string of the molecule is CCOC(=O)c1[nH]c(C)c(C(=O)COC(=O)c2ccc(S(=O)(=O)NC3CC3)o2)c1C. The van der Waals surface area contributed by atoms with Crippen LogP contribution in [0.1, 0.15) is 62.4 Å². The van der Waals surface area contributed by atoms with E-state index in [2.05, 4.69) is 9.71 Å². The molecule has 1 fully saturated rings. The summed E-state index contributed by atoms with van der Waals surface area (Å²) in [5, 5.41) is -0.399. The fourth-order valence-electron chi connectivity index (χ4n) is 2.90. The average molecular weight is 438 g/mol. The molecule has 0 amide bonds. The molecule has 0 atom stereocenters. The number of carbonyl (C=O) groups excluding carboxylic acids is 3. The van der Waals surface area contributed by atoms with Crippen LogP contribution in [0.2, 0.25) is 0 Å². The third-order valence-corrected chi connectivity index (χ3v) is 5.87. The Kier molecular flexibility index (Phi) is 6.13. The van der Waals surface area contributed by atoms with E-state index in [0.29, 0.717) is 11.3 Å². The number of hydrogen-bond acceptors (Lipinski definition) is 8. The van der Waals surface area contributed by atoms with Crippen LogP contribution in [0.3, 0.4) is 0 Å². The standard InChI is InChI=1S/C19H22N2O8S/c1-4-27-19(24)17-10(2)16(11(3)20-17)13(22)9-28-18(23)14-7-8-15(29-14)30(25,26)21-12-5-6-12/h7-8,12,20-21H,4-6,9H2,1-3H3. The summed E-state index contributed by atoms with van der Waals surface area (Å²) < 4.78 is 41.6. The minimum absolute atomic E-state index is 0.111. The van der Waals surface area contributed by atoms with Gasteiger partial charge in [-0.25, -0.2) is 22.7 Å². The highest BCUT2D eigenvalue weighted by Crippen LogP contribution is 2.23. The molecule has 2 aromatic rings. The van der Waals surface area contributed by atoms with Gasteiger partial charge in [0.15, 0.2) is 6.61 Å². The van der Waals surface area contributed by atoms with E-state index in [1.165, 1.54) is 6.07 Å². The Morgan fingerprint density at radius 3 is 2.50 bits per heavy atom. The monoisotopic (exact) mass is 438 g/mol. The second-order valence-corrected chi connectivity index (χ2v) is 8.50. The van der Waals surface area contributed by atoms with Gasteiger partial charge < -0.3 is 18.9 Å². The van der Waals surface area contributed by atoms with Gasteiger partial charge in [0.25, 0.3) is 10.0 Å². The topological polar surface area (TPSA) is 145 Å². The van der Waals surface area contributed by atoms with Gasteiger partial charge in [-0.15, -0.1) is 0 Å². The lowest BCUT2D eigenvalue weighted by molar-refractivity contribution is 0.0437. The lowest BCUT2D eigenvalue weighted by Crippen LogP contribution is -2.25. The largest absolute Gasteiger partial charge is 0.461 e. The number of esters is 2. The van der Waals surface area contributed by atoms with Crippen molar-refractivity contribution in [3.63, 3.8) is 0 Å². The van der Waals surface area contributed by atoms with E-state index in [1.54, 1.807) is 20.8 Å². The molecule has 0 aromatic carbocycles. The fraction of sp³-hybridized carbons (Fsp3) is 0.421. The van der Waals surface area contributed by atoms with Crippen LogP contribution in [0.15, 0.2) is 21.6 Å². The van der Waals surface area contributed by atoms with Crippen LogP contribution in [-0.2, 0) is 19.5 Å². The van der Waals surface area contributed by atoms with Crippen LogP contribution in [0.4, 0.5) is 0 Å². The summed E-state index contributed by atoms with van der Waals surface area (Å²) in [6.45, 7) is 4.45. The molecular weight excluding hydrogens is 416 g/mol. The normalized spacial score (nSPS) is 13.8. The number of carbonyl (C=O) groups is 3. The molecule has 0 bridgehead atoms. The average Bonchev–Trinajstić information content (AvgIpc) is 3.22. The van der Waals surface area contributed by atoms with E-state index >= 15 is 0 Å². The minimum atomic E-state index is -3.84. The number of aromatic nitrogens is 1. The van der Waals surface area contributed by atoms with Gasteiger partial charge in [-0.05, 0) is 51.3 Å². The van der Waals surface area contributed by atoms with Crippen LogP contribution in [0.25, 0.3) is 0 Å². The van der Waals surface area contributed by atoms with Crippen LogP contribution in [0.5, 0.6) is 0 Å². The Hall–Kier alpha value is -2.92. The Bertz CT molecular complexity index is 1090. The predicted molar refractivity (Wildman–Crippen MR) is 103 cm³/mol. The third-order valence-electron chi connectivity index (χ3n) is 4.48. The number of H-pyrrole nitrogens is 1. The second kappa shape index (κ2) is 8.44. The van der Waals surface area contributed by atoms with Gasteiger partial charge in [-0.3, -0.25) is 4.79 Å². The van der Waals surface area contributed by atoms with Gasteiger partial charge in [0.05, 0.1) is 6.61 Å². The van der Waals surface area contributed by atoms with E-state index in [4.69, 9.17) is 13.9 Å². The van der Waals surface area contributed by atoms with E-state index in [-0.39, 0.29) is 29.7 Å². The van der Waals surface area contributed by atoms with Gasteiger partial charge in [0, 0.05) is 17.3 Å². The Balaban J connectivity index is 1.65. The van der Waals surface area contributed by atoms with Gasteiger partial charge >= 0.3 is 11.9 Å². The lowest BCUT2D eigenvalue weighted by atomic mass is 10.1. The maximum Gasteiger partial charge on any atom is 0.374 e. The first-order valence-corrected chi connectivity index (χ1v) is 10.8. The Labute approximate surface area is 173 Å². The van der Waals surface area contributed by atoms with Crippen molar-refractivity contribution < 1.29 is 36.7 Å². The number of aryl methyl sites for hydroxylation is 1. The molecule has 1 aliphatic rings. The first-order valence-electron chi connectivity index (χ1n) is 9.32. The van der Waals surface area contributed by atoms with Crippen molar-refractivity contribution in [2.45, 2.75) is 44.7 Å². The highest BCUT2D eigenvalue weighted by Gasteiger charge is 2.31. The molecule has 11 heteroatoms. The molecule has 2 heterocycles. The number of nitrogens with one attached hydrogen (secondary N) is 2. The first-order chi connectivity index (χ1) is 14.1. The van der Waals surface area contributed by atoms with Crippen LogP contribution in [-0.4, -0.2) is 50.4 Å². The molecule has 2 aromatic heterocycles.